The van der Waals surface area contributed by atoms with E-state index in [0.29, 0.717) is 51.5 Å². The Morgan fingerprint density at radius 2 is 1.94 bits per heavy atom. The number of hydrogen-bond donors (Lipinski definition) is 2. The van der Waals surface area contributed by atoms with Gasteiger partial charge in [0.15, 0.2) is 11.5 Å². The van der Waals surface area contributed by atoms with Crippen LogP contribution in [0.4, 0.5) is 5.13 Å². The van der Waals surface area contributed by atoms with Crippen molar-refractivity contribution >= 4 is 44.5 Å². The van der Waals surface area contributed by atoms with Crippen molar-refractivity contribution in [3.05, 3.63) is 57.0 Å². The largest absolute Gasteiger partial charge is 0.490 e. The number of nitrogen functional groups attached to an aromatic ring is 1. The maximum Gasteiger partial charge on any atom is 0.247 e. The summed E-state index contributed by atoms with van der Waals surface area (Å²) in [6, 6.07) is 11.4. The van der Waals surface area contributed by atoms with E-state index >= 15 is 0 Å². The Hall–Kier alpha value is -3.18. The zero-order valence-corrected chi connectivity index (χ0v) is 20.6. The van der Waals surface area contributed by atoms with Crippen molar-refractivity contribution in [2.75, 3.05) is 25.6 Å². The van der Waals surface area contributed by atoms with Crippen LogP contribution in [0.25, 0.3) is 0 Å². The Labute approximate surface area is 204 Å². The maximum atomic E-state index is 12.0. The standard InChI is InChI=1S/C22H24BrN5O4S/c1-3-30-18-11-15(13-25-26-19(29)12-20-27-28-22(24)33-20)10-17(23)21(18)32-9-8-31-16-6-4-14(2)5-7-16/h4-7,10-11,13H,3,8-9,12H2,1-2H3,(H2,24,28)(H,26,29)/b25-13-. The molecule has 11 heteroatoms. The Morgan fingerprint density at radius 1 is 1.18 bits per heavy atom. The molecule has 0 aliphatic heterocycles. The van der Waals surface area contributed by atoms with E-state index in [9.17, 15) is 4.79 Å². The third-order valence-corrected chi connectivity index (χ3v) is 5.49. The van der Waals surface area contributed by atoms with Gasteiger partial charge >= 0.3 is 0 Å². The number of rotatable bonds is 11. The first-order valence-corrected chi connectivity index (χ1v) is 11.7. The van der Waals surface area contributed by atoms with Gasteiger partial charge in [0.25, 0.3) is 0 Å². The number of anilines is 1. The number of ether oxygens (including phenoxy) is 3. The molecule has 1 aromatic heterocycles. The highest BCUT2D eigenvalue weighted by molar-refractivity contribution is 9.10. The fourth-order valence-electron chi connectivity index (χ4n) is 2.70. The van der Waals surface area contributed by atoms with Crippen LogP contribution in [-0.2, 0) is 11.2 Å². The average molecular weight is 534 g/mol. The van der Waals surface area contributed by atoms with Crippen LogP contribution in [0.3, 0.4) is 0 Å². The van der Waals surface area contributed by atoms with Gasteiger partial charge in [-0.2, -0.15) is 5.10 Å². The lowest BCUT2D eigenvalue weighted by Crippen LogP contribution is -2.19. The van der Waals surface area contributed by atoms with E-state index in [1.807, 2.05) is 44.2 Å². The SMILES string of the molecule is CCOc1cc(/C=N\NC(=O)Cc2nnc(N)s2)cc(Br)c1OCCOc1ccc(C)cc1. The van der Waals surface area contributed by atoms with Gasteiger partial charge in [-0.1, -0.05) is 29.0 Å². The number of benzene rings is 2. The van der Waals surface area contributed by atoms with Crippen LogP contribution in [0.1, 0.15) is 23.1 Å². The lowest BCUT2D eigenvalue weighted by Gasteiger charge is -2.15. The van der Waals surface area contributed by atoms with E-state index in [4.69, 9.17) is 19.9 Å². The quantitative estimate of drug-likeness (QED) is 0.218. The molecule has 9 nitrogen and oxygen atoms in total. The average Bonchev–Trinajstić information content (AvgIpc) is 3.18. The highest BCUT2D eigenvalue weighted by Crippen LogP contribution is 2.36. The minimum atomic E-state index is -0.319. The molecule has 0 spiro atoms. The molecule has 0 bridgehead atoms. The molecule has 0 atom stereocenters. The molecule has 0 fully saturated rings. The zero-order valence-electron chi connectivity index (χ0n) is 18.2. The minimum Gasteiger partial charge on any atom is -0.490 e. The number of amides is 1. The number of carbonyl (C=O) groups excluding carboxylic acids is 1. The molecule has 1 heterocycles. The highest BCUT2D eigenvalue weighted by atomic mass is 79.9. The van der Waals surface area contributed by atoms with E-state index in [0.717, 1.165) is 17.1 Å². The molecular weight excluding hydrogens is 510 g/mol. The molecule has 33 heavy (non-hydrogen) atoms. The molecule has 174 valence electrons. The summed E-state index contributed by atoms with van der Waals surface area (Å²) in [5.41, 5.74) is 9.87. The van der Waals surface area contributed by atoms with E-state index < -0.39 is 0 Å². The Bertz CT molecular complexity index is 1100. The van der Waals surface area contributed by atoms with Crippen molar-refractivity contribution < 1.29 is 19.0 Å². The minimum absolute atomic E-state index is 0.0531. The molecule has 3 aromatic rings. The number of carbonyl (C=O) groups is 1. The van der Waals surface area contributed by atoms with Crippen molar-refractivity contribution in [2.45, 2.75) is 20.3 Å². The summed E-state index contributed by atoms with van der Waals surface area (Å²) < 4.78 is 18.0. The van der Waals surface area contributed by atoms with Crippen molar-refractivity contribution in [3.63, 3.8) is 0 Å². The molecule has 1 amide bonds. The summed E-state index contributed by atoms with van der Waals surface area (Å²) in [6.07, 6.45) is 1.57. The van der Waals surface area contributed by atoms with E-state index in [-0.39, 0.29) is 12.3 Å². The fraction of sp³-hybridized carbons (Fsp3) is 0.273. The fourth-order valence-corrected chi connectivity index (χ4v) is 3.88. The van der Waals surface area contributed by atoms with Crippen LogP contribution < -0.4 is 25.4 Å². The normalized spacial score (nSPS) is 10.9. The number of halogens is 1. The first kappa shape index (κ1) is 24.5. The van der Waals surface area contributed by atoms with Crippen LogP contribution in [-0.4, -0.2) is 42.1 Å². The highest BCUT2D eigenvalue weighted by Gasteiger charge is 2.12. The van der Waals surface area contributed by atoms with Crippen molar-refractivity contribution in [1.29, 1.82) is 0 Å². The zero-order chi connectivity index (χ0) is 23.6. The third kappa shape index (κ3) is 7.72. The lowest BCUT2D eigenvalue weighted by molar-refractivity contribution is -0.120. The maximum absolute atomic E-state index is 12.0. The molecule has 0 unspecified atom stereocenters. The van der Waals surface area contributed by atoms with Gasteiger partial charge < -0.3 is 19.9 Å². The van der Waals surface area contributed by atoms with Crippen LogP contribution in [0.5, 0.6) is 17.2 Å². The second kappa shape index (κ2) is 12.2. The van der Waals surface area contributed by atoms with Gasteiger partial charge in [-0.3, -0.25) is 4.79 Å². The monoisotopic (exact) mass is 533 g/mol. The van der Waals surface area contributed by atoms with E-state index in [1.165, 1.54) is 11.8 Å². The number of aromatic nitrogens is 2. The van der Waals surface area contributed by atoms with Gasteiger partial charge in [0, 0.05) is 0 Å². The molecule has 3 N–H and O–H groups in total. The van der Waals surface area contributed by atoms with Gasteiger partial charge in [0.2, 0.25) is 11.0 Å². The summed E-state index contributed by atoms with van der Waals surface area (Å²) in [6.45, 7) is 5.10. The first-order chi connectivity index (χ1) is 15.9. The number of hydrogen-bond acceptors (Lipinski definition) is 9. The predicted octanol–water partition coefficient (Wildman–Crippen LogP) is 3.74. The lowest BCUT2D eigenvalue weighted by atomic mass is 10.2. The van der Waals surface area contributed by atoms with Crippen LogP contribution in [0.15, 0.2) is 46.0 Å². The molecule has 2 aromatic carbocycles. The summed E-state index contributed by atoms with van der Waals surface area (Å²) >= 11 is 4.68. The Kier molecular flexibility index (Phi) is 9.02. The Balaban J connectivity index is 1.56. The number of nitrogens with two attached hydrogens (primary N) is 1. The molecule has 0 saturated heterocycles. The van der Waals surface area contributed by atoms with Gasteiger partial charge in [0.1, 0.15) is 24.0 Å². The summed E-state index contributed by atoms with van der Waals surface area (Å²) in [4.78, 5) is 12.0. The first-order valence-electron chi connectivity index (χ1n) is 10.1. The number of nitrogens with zero attached hydrogens (tertiary/aromatic N) is 3. The summed E-state index contributed by atoms with van der Waals surface area (Å²) in [5, 5.41) is 12.3. The second-order valence-corrected chi connectivity index (χ2v) is 8.72. The number of nitrogens with one attached hydrogen (secondary N) is 1. The van der Waals surface area contributed by atoms with Crippen LogP contribution in [0.2, 0.25) is 0 Å². The van der Waals surface area contributed by atoms with Gasteiger partial charge in [0.05, 0.1) is 23.7 Å². The molecule has 3 rings (SSSR count). The third-order valence-electron chi connectivity index (χ3n) is 4.15. The van der Waals surface area contributed by atoms with Gasteiger partial charge in [-0.15, -0.1) is 10.2 Å². The van der Waals surface area contributed by atoms with E-state index in [1.54, 1.807) is 6.07 Å². The molecule has 0 radical (unpaired) electrons. The summed E-state index contributed by atoms with van der Waals surface area (Å²) in [7, 11) is 0. The van der Waals surface area contributed by atoms with Crippen LogP contribution >= 0.6 is 27.3 Å². The van der Waals surface area contributed by atoms with Crippen molar-refractivity contribution in [3.8, 4) is 17.2 Å². The van der Waals surface area contributed by atoms with Gasteiger partial charge in [-0.05, 0) is 59.6 Å². The summed E-state index contributed by atoms with van der Waals surface area (Å²) in [5.74, 6) is 1.59. The van der Waals surface area contributed by atoms with Crippen molar-refractivity contribution in [2.24, 2.45) is 5.10 Å². The molecule has 0 aliphatic rings. The van der Waals surface area contributed by atoms with Gasteiger partial charge in [-0.25, -0.2) is 5.43 Å². The van der Waals surface area contributed by atoms with Crippen molar-refractivity contribution in [1.82, 2.24) is 15.6 Å². The molecule has 0 saturated carbocycles. The smallest absolute Gasteiger partial charge is 0.247 e. The molecule has 0 aliphatic carbocycles. The predicted molar refractivity (Wildman–Crippen MR) is 131 cm³/mol. The molecular formula is C22H24BrN5O4S. The topological polar surface area (TPSA) is 121 Å². The second-order valence-electron chi connectivity index (χ2n) is 6.78. The van der Waals surface area contributed by atoms with Crippen LogP contribution in [0, 0.1) is 6.92 Å². The number of aryl methyl sites for hydroxylation is 1. The Morgan fingerprint density at radius 3 is 2.64 bits per heavy atom. The number of hydrazone groups is 1. The van der Waals surface area contributed by atoms with E-state index in [2.05, 4.69) is 36.7 Å².